The molecule has 1 N–H and O–H groups in total. The average Bonchev–Trinajstić information content (AvgIpc) is 2.99. The summed E-state index contributed by atoms with van der Waals surface area (Å²) in [6, 6.07) is 0.731. The van der Waals surface area contributed by atoms with Crippen LogP contribution in [0, 0.1) is 5.41 Å². The number of rotatable bonds is 7. The zero-order valence-corrected chi connectivity index (χ0v) is 11.9. The van der Waals surface area contributed by atoms with Gasteiger partial charge >= 0.3 is 0 Å². The summed E-state index contributed by atoms with van der Waals surface area (Å²) < 4.78 is 23.7. The van der Waals surface area contributed by atoms with Gasteiger partial charge in [0.1, 0.15) is 0 Å². The highest BCUT2D eigenvalue weighted by atomic mass is 32.2. The molecule has 0 heterocycles. The molecular weight excluding hydrogens is 234 g/mol. The molecule has 3 nitrogen and oxygen atoms in total. The van der Waals surface area contributed by atoms with Crippen molar-refractivity contribution in [1.82, 2.24) is 5.32 Å². The van der Waals surface area contributed by atoms with Crippen LogP contribution < -0.4 is 5.32 Å². The van der Waals surface area contributed by atoms with E-state index in [2.05, 4.69) is 5.32 Å². The van der Waals surface area contributed by atoms with E-state index in [1.165, 1.54) is 32.1 Å². The van der Waals surface area contributed by atoms with Crippen molar-refractivity contribution >= 4 is 9.84 Å². The molecule has 0 spiro atoms. The fourth-order valence-electron chi connectivity index (χ4n) is 2.43. The average molecular weight is 259 g/mol. The van der Waals surface area contributed by atoms with Gasteiger partial charge in [0.2, 0.25) is 0 Å². The van der Waals surface area contributed by atoms with Gasteiger partial charge in [0.05, 0.1) is 11.0 Å². The van der Waals surface area contributed by atoms with Gasteiger partial charge in [-0.3, -0.25) is 0 Å². The second kappa shape index (κ2) is 4.88. The second-order valence-electron chi connectivity index (χ2n) is 6.17. The summed E-state index contributed by atoms with van der Waals surface area (Å²) in [6.07, 6.45) is 7.16. The van der Waals surface area contributed by atoms with Gasteiger partial charge in [0.15, 0.2) is 9.84 Å². The SMILES string of the molecule is CC(C)S(=O)(=O)CCC1(CNC2CC2)CCC1. The molecule has 0 radical (unpaired) electrons. The van der Waals surface area contributed by atoms with Gasteiger partial charge < -0.3 is 5.32 Å². The smallest absolute Gasteiger partial charge is 0.152 e. The van der Waals surface area contributed by atoms with Crippen LogP contribution in [-0.4, -0.2) is 32.0 Å². The molecule has 0 saturated heterocycles. The Balaban J connectivity index is 1.82. The van der Waals surface area contributed by atoms with Crippen molar-refractivity contribution in [2.45, 2.75) is 63.7 Å². The maximum Gasteiger partial charge on any atom is 0.152 e. The van der Waals surface area contributed by atoms with Crippen LogP contribution in [0.1, 0.15) is 52.4 Å². The molecule has 0 unspecified atom stereocenters. The zero-order chi connectivity index (χ0) is 12.5. The lowest BCUT2D eigenvalue weighted by molar-refractivity contribution is 0.124. The van der Waals surface area contributed by atoms with E-state index in [1.807, 2.05) is 0 Å². The van der Waals surface area contributed by atoms with Crippen molar-refractivity contribution in [3.05, 3.63) is 0 Å². The molecule has 2 aliphatic rings. The lowest BCUT2D eigenvalue weighted by Crippen LogP contribution is -2.42. The highest BCUT2D eigenvalue weighted by Gasteiger charge is 2.39. The third-order valence-electron chi connectivity index (χ3n) is 4.39. The van der Waals surface area contributed by atoms with Crippen molar-refractivity contribution < 1.29 is 8.42 Å². The predicted octanol–water partition coefficient (Wildman–Crippen LogP) is 2.12. The molecule has 2 rings (SSSR count). The van der Waals surface area contributed by atoms with Crippen LogP contribution in [0.25, 0.3) is 0 Å². The topological polar surface area (TPSA) is 46.2 Å². The highest BCUT2D eigenvalue weighted by molar-refractivity contribution is 7.91. The monoisotopic (exact) mass is 259 g/mol. The first kappa shape index (κ1) is 13.3. The van der Waals surface area contributed by atoms with Crippen LogP contribution >= 0.6 is 0 Å². The standard InChI is InChI=1S/C13H25NO2S/c1-11(2)17(15,16)9-8-13(6-3-7-13)10-14-12-4-5-12/h11-12,14H,3-10H2,1-2H3. The lowest BCUT2D eigenvalue weighted by Gasteiger charge is -2.42. The van der Waals surface area contributed by atoms with Gasteiger partial charge in [-0.1, -0.05) is 6.42 Å². The minimum absolute atomic E-state index is 0.226. The van der Waals surface area contributed by atoms with E-state index in [4.69, 9.17) is 0 Å². The fraction of sp³-hybridized carbons (Fsp3) is 1.00. The maximum absolute atomic E-state index is 11.8. The third-order valence-corrected chi connectivity index (χ3v) is 6.60. The largest absolute Gasteiger partial charge is 0.313 e. The van der Waals surface area contributed by atoms with Crippen molar-refractivity contribution in [3.8, 4) is 0 Å². The van der Waals surface area contributed by atoms with E-state index < -0.39 is 9.84 Å². The van der Waals surface area contributed by atoms with Crippen LogP contribution in [0.2, 0.25) is 0 Å². The Morgan fingerprint density at radius 2 is 1.94 bits per heavy atom. The molecule has 4 heteroatoms. The van der Waals surface area contributed by atoms with Gasteiger partial charge in [0, 0.05) is 12.6 Å². The summed E-state index contributed by atoms with van der Waals surface area (Å²) in [4.78, 5) is 0. The second-order valence-corrected chi connectivity index (χ2v) is 8.85. The molecular formula is C13H25NO2S. The van der Waals surface area contributed by atoms with Crippen LogP contribution in [-0.2, 0) is 9.84 Å². The van der Waals surface area contributed by atoms with Crippen molar-refractivity contribution in [2.75, 3.05) is 12.3 Å². The minimum Gasteiger partial charge on any atom is -0.313 e. The Hall–Kier alpha value is -0.0900. The minimum atomic E-state index is -2.86. The van der Waals surface area contributed by atoms with Crippen molar-refractivity contribution in [3.63, 3.8) is 0 Å². The van der Waals surface area contributed by atoms with E-state index in [1.54, 1.807) is 13.8 Å². The maximum atomic E-state index is 11.8. The Bertz CT molecular complexity index is 354. The Kier molecular flexibility index (Phi) is 3.83. The lowest BCUT2D eigenvalue weighted by atomic mass is 9.67. The molecule has 0 bridgehead atoms. The van der Waals surface area contributed by atoms with Crippen LogP contribution in [0.3, 0.4) is 0 Å². The first-order valence-electron chi connectivity index (χ1n) is 6.89. The Morgan fingerprint density at radius 3 is 2.35 bits per heavy atom. The van der Waals surface area contributed by atoms with Gasteiger partial charge in [0.25, 0.3) is 0 Å². The summed E-state index contributed by atoms with van der Waals surface area (Å²) in [6.45, 7) is 4.60. The van der Waals surface area contributed by atoms with Gasteiger partial charge in [-0.2, -0.15) is 0 Å². The Labute approximate surface area is 105 Å². The van der Waals surface area contributed by atoms with Crippen molar-refractivity contribution in [1.29, 1.82) is 0 Å². The van der Waals surface area contributed by atoms with Crippen molar-refractivity contribution in [2.24, 2.45) is 5.41 Å². The number of nitrogens with one attached hydrogen (secondary N) is 1. The van der Waals surface area contributed by atoms with Crippen LogP contribution in [0.4, 0.5) is 0 Å². The molecule has 0 amide bonds. The number of hydrogen-bond acceptors (Lipinski definition) is 3. The van der Waals surface area contributed by atoms with Gasteiger partial charge in [-0.05, 0) is 51.4 Å². The molecule has 100 valence electrons. The quantitative estimate of drug-likeness (QED) is 0.762. The fourth-order valence-corrected chi connectivity index (χ4v) is 3.62. The molecule has 0 aromatic carbocycles. The summed E-state index contributed by atoms with van der Waals surface area (Å²) >= 11 is 0. The molecule has 0 aromatic rings. The predicted molar refractivity (Wildman–Crippen MR) is 70.8 cm³/mol. The molecule has 2 saturated carbocycles. The molecule has 2 aliphatic carbocycles. The summed E-state index contributed by atoms with van der Waals surface area (Å²) in [5.41, 5.74) is 0.296. The summed E-state index contributed by atoms with van der Waals surface area (Å²) in [5, 5.41) is 3.34. The first-order chi connectivity index (χ1) is 7.94. The van der Waals surface area contributed by atoms with Crippen LogP contribution in [0.15, 0.2) is 0 Å². The number of sulfone groups is 1. The normalized spacial score (nSPS) is 23.7. The van der Waals surface area contributed by atoms with E-state index in [-0.39, 0.29) is 5.25 Å². The first-order valence-corrected chi connectivity index (χ1v) is 8.60. The van der Waals surface area contributed by atoms with Crippen LogP contribution in [0.5, 0.6) is 0 Å². The highest BCUT2D eigenvalue weighted by Crippen LogP contribution is 2.44. The molecule has 17 heavy (non-hydrogen) atoms. The van der Waals surface area contributed by atoms with E-state index >= 15 is 0 Å². The number of hydrogen-bond donors (Lipinski definition) is 1. The third kappa shape index (κ3) is 3.44. The molecule has 0 atom stereocenters. The molecule has 0 aliphatic heterocycles. The zero-order valence-electron chi connectivity index (χ0n) is 11.0. The molecule has 0 aromatic heterocycles. The summed E-state index contributed by atoms with van der Waals surface area (Å²) in [5.74, 6) is 0.372. The van der Waals surface area contributed by atoms with Gasteiger partial charge in [-0.25, -0.2) is 8.42 Å². The van der Waals surface area contributed by atoms with E-state index in [0.717, 1.165) is 19.0 Å². The van der Waals surface area contributed by atoms with E-state index in [9.17, 15) is 8.42 Å². The van der Waals surface area contributed by atoms with Gasteiger partial charge in [-0.15, -0.1) is 0 Å². The molecule has 2 fully saturated rings. The Morgan fingerprint density at radius 1 is 1.29 bits per heavy atom. The summed E-state index contributed by atoms with van der Waals surface area (Å²) in [7, 11) is -2.86. The van der Waals surface area contributed by atoms with E-state index in [0.29, 0.717) is 11.2 Å².